The molecule has 0 unspecified atom stereocenters. The molecule has 182 valence electrons. The Bertz CT molecular complexity index is 1190. The maximum atomic E-state index is 13.1. The lowest BCUT2D eigenvalue weighted by atomic mass is 9.84. The Labute approximate surface area is 207 Å². The summed E-state index contributed by atoms with van der Waals surface area (Å²) in [5.74, 6) is 1.47. The minimum atomic E-state index is -0.291. The van der Waals surface area contributed by atoms with Crippen LogP contribution >= 0.6 is 11.8 Å². The van der Waals surface area contributed by atoms with Gasteiger partial charge in [-0.05, 0) is 68.3 Å². The Kier molecular flexibility index (Phi) is 6.86. The molecule has 0 bridgehead atoms. The van der Waals surface area contributed by atoms with Crippen molar-refractivity contribution < 1.29 is 18.4 Å². The van der Waals surface area contributed by atoms with Gasteiger partial charge in [0, 0.05) is 37.2 Å². The fourth-order valence-corrected chi connectivity index (χ4v) is 5.11. The van der Waals surface area contributed by atoms with Crippen LogP contribution in [0.2, 0.25) is 0 Å². The molecule has 2 fully saturated rings. The molecule has 9 heteroatoms. The molecule has 1 saturated heterocycles. The second-order valence-electron chi connectivity index (χ2n) is 9.08. The summed E-state index contributed by atoms with van der Waals surface area (Å²) in [5, 5.41) is 9.17. The molecule has 7 nitrogen and oxygen atoms in total. The van der Waals surface area contributed by atoms with E-state index in [1.165, 1.54) is 23.9 Å². The van der Waals surface area contributed by atoms with Gasteiger partial charge in [-0.2, -0.15) is 0 Å². The zero-order chi connectivity index (χ0) is 24.4. The van der Waals surface area contributed by atoms with Crippen LogP contribution in [0.5, 0.6) is 0 Å². The van der Waals surface area contributed by atoms with E-state index in [1.807, 2.05) is 24.0 Å². The van der Waals surface area contributed by atoms with Crippen LogP contribution in [-0.2, 0) is 10.5 Å². The van der Waals surface area contributed by atoms with Crippen molar-refractivity contribution in [2.24, 2.45) is 5.92 Å². The van der Waals surface area contributed by atoms with E-state index in [4.69, 9.17) is 4.42 Å². The molecule has 0 spiro atoms. The topological polar surface area (TPSA) is 79.5 Å². The quantitative estimate of drug-likeness (QED) is 0.465. The third kappa shape index (κ3) is 5.24. The SMILES string of the molecule is C[C@H]1CN(C(=O)c2ccc(CSc3ccc(-c4ccc(F)cc4)nn3)o2)CCN1C(=O)C1CCC1. The molecule has 1 atom stereocenters. The van der Waals surface area contributed by atoms with Gasteiger partial charge in [0.2, 0.25) is 5.91 Å². The largest absolute Gasteiger partial charge is 0.455 e. The Hall–Kier alpha value is -3.20. The number of hydrogen-bond acceptors (Lipinski definition) is 6. The number of thioether (sulfide) groups is 1. The summed E-state index contributed by atoms with van der Waals surface area (Å²) in [6.45, 7) is 3.60. The van der Waals surface area contributed by atoms with E-state index >= 15 is 0 Å². The van der Waals surface area contributed by atoms with E-state index < -0.39 is 0 Å². The third-order valence-electron chi connectivity index (χ3n) is 6.67. The smallest absolute Gasteiger partial charge is 0.289 e. The number of benzene rings is 1. The normalized spacial score (nSPS) is 18.4. The van der Waals surface area contributed by atoms with Crippen LogP contribution in [0.15, 0.2) is 58.0 Å². The minimum absolute atomic E-state index is 0.00208. The van der Waals surface area contributed by atoms with Gasteiger partial charge in [-0.3, -0.25) is 9.59 Å². The van der Waals surface area contributed by atoms with Gasteiger partial charge < -0.3 is 14.2 Å². The van der Waals surface area contributed by atoms with Gasteiger partial charge in [-0.25, -0.2) is 4.39 Å². The van der Waals surface area contributed by atoms with Crippen molar-refractivity contribution in [3.8, 4) is 11.3 Å². The second-order valence-corrected chi connectivity index (χ2v) is 10.1. The maximum absolute atomic E-state index is 13.1. The maximum Gasteiger partial charge on any atom is 0.289 e. The van der Waals surface area contributed by atoms with Gasteiger partial charge in [0.1, 0.15) is 16.6 Å². The van der Waals surface area contributed by atoms with Gasteiger partial charge in [-0.1, -0.05) is 18.2 Å². The average molecular weight is 495 g/mol. The van der Waals surface area contributed by atoms with Crippen LogP contribution in [0.25, 0.3) is 11.3 Å². The second kappa shape index (κ2) is 10.2. The Morgan fingerprint density at radius 1 is 1.06 bits per heavy atom. The van der Waals surface area contributed by atoms with Crippen molar-refractivity contribution in [1.82, 2.24) is 20.0 Å². The summed E-state index contributed by atoms with van der Waals surface area (Å²) in [5.41, 5.74) is 1.47. The standard InChI is InChI=1S/C26H27FN4O3S/c1-17-15-30(13-14-31(17)25(32)19-3-2-4-19)26(33)23-11-9-21(34-23)16-35-24-12-10-22(28-29-24)18-5-7-20(27)8-6-18/h5-12,17,19H,2-4,13-16H2,1H3/t17-/m0/s1. The van der Waals surface area contributed by atoms with Crippen molar-refractivity contribution in [2.45, 2.75) is 43.0 Å². The minimum Gasteiger partial charge on any atom is -0.455 e. The number of piperazine rings is 1. The van der Waals surface area contributed by atoms with Crippen LogP contribution in [0.4, 0.5) is 4.39 Å². The lowest BCUT2D eigenvalue weighted by Crippen LogP contribution is -2.57. The van der Waals surface area contributed by atoms with Crippen LogP contribution in [0.3, 0.4) is 0 Å². The first-order valence-electron chi connectivity index (χ1n) is 11.9. The molecule has 3 heterocycles. The summed E-state index contributed by atoms with van der Waals surface area (Å²) in [6, 6.07) is 13.3. The zero-order valence-corrected chi connectivity index (χ0v) is 20.3. The number of carbonyl (C=O) groups is 2. The predicted molar refractivity (Wildman–Crippen MR) is 130 cm³/mol. The molecule has 5 rings (SSSR count). The van der Waals surface area contributed by atoms with Gasteiger partial charge in [-0.15, -0.1) is 10.2 Å². The van der Waals surface area contributed by atoms with E-state index in [9.17, 15) is 14.0 Å². The highest BCUT2D eigenvalue weighted by Crippen LogP contribution is 2.30. The molecule has 1 aromatic carbocycles. The Morgan fingerprint density at radius 2 is 1.86 bits per heavy atom. The van der Waals surface area contributed by atoms with Gasteiger partial charge >= 0.3 is 0 Å². The highest BCUT2D eigenvalue weighted by Gasteiger charge is 2.36. The highest BCUT2D eigenvalue weighted by atomic mass is 32.2. The van der Waals surface area contributed by atoms with E-state index in [0.717, 1.165) is 29.9 Å². The fraction of sp³-hybridized carbons (Fsp3) is 0.385. The van der Waals surface area contributed by atoms with E-state index in [-0.39, 0.29) is 29.6 Å². The molecule has 1 aliphatic carbocycles. The van der Waals surface area contributed by atoms with Crippen LogP contribution < -0.4 is 0 Å². The molecule has 2 amide bonds. The summed E-state index contributed by atoms with van der Waals surface area (Å²) in [7, 11) is 0. The van der Waals surface area contributed by atoms with E-state index in [1.54, 1.807) is 29.2 Å². The number of furan rings is 1. The first-order valence-corrected chi connectivity index (χ1v) is 12.9. The summed E-state index contributed by atoms with van der Waals surface area (Å²) >= 11 is 1.46. The lowest BCUT2D eigenvalue weighted by molar-refractivity contribution is -0.142. The Morgan fingerprint density at radius 3 is 2.51 bits per heavy atom. The number of carbonyl (C=O) groups excluding carboxylic acids is 2. The monoisotopic (exact) mass is 494 g/mol. The first-order chi connectivity index (χ1) is 17.0. The number of halogens is 1. The zero-order valence-electron chi connectivity index (χ0n) is 19.5. The third-order valence-corrected chi connectivity index (χ3v) is 7.61. The van der Waals surface area contributed by atoms with Crippen LogP contribution in [0, 0.1) is 11.7 Å². The lowest BCUT2D eigenvalue weighted by Gasteiger charge is -2.42. The Balaban J connectivity index is 1.14. The molecular weight excluding hydrogens is 467 g/mol. The van der Waals surface area contributed by atoms with Crippen molar-refractivity contribution in [3.05, 3.63) is 65.9 Å². The highest BCUT2D eigenvalue weighted by molar-refractivity contribution is 7.98. The number of hydrogen-bond donors (Lipinski definition) is 0. The number of aromatic nitrogens is 2. The van der Waals surface area contributed by atoms with Crippen molar-refractivity contribution in [3.63, 3.8) is 0 Å². The molecular formula is C26H27FN4O3S. The number of amides is 2. The molecule has 0 N–H and O–H groups in total. The summed E-state index contributed by atoms with van der Waals surface area (Å²) < 4.78 is 18.9. The molecule has 1 saturated carbocycles. The van der Waals surface area contributed by atoms with Crippen LogP contribution in [-0.4, -0.2) is 57.5 Å². The van der Waals surface area contributed by atoms with Crippen molar-refractivity contribution >= 4 is 23.6 Å². The van der Waals surface area contributed by atoms with E-state index in [0.29, 0.717) is 42.6 Å². The van der Waals surface area contributed by atoms with Crippen molar-refractivity contribution in [1.29, 1.82) is 0 Å². The molecule has 2 aromatic heterocycles. The summed E-state index contributed by atoms with van der Waals surface area (Å²) in [4.78, 5) is 29.3. The van der Waals surface area contributed by atoms with Crippen molar-refractivity contribution in [2.75, 3.05) is 19.6 Å². The average Bonchev–Trinajstić information content (AvgIpc) is 3.31. The fourth-order valence-electron chi connectivity index (χ4n) is 4.40. The van der Waals surface area contributed by atoms with Gasteiger partial charge in [0.15, 0.2) is 5.76 Å². The first kappa shape index (κ1) is 23.5. The molecule has 1 aliphatic heterocycles. The molecule has 35 heavy (non-hydrogen) atoms. The molecule has 2 aliphatic rings. The predicted octanol–water partition coefficient (Wildman–Crippen LogP) is 4.64. The van der Waals surface area contributed by atoms with Crippen LogP contribution in [0.1, 0.15) is 42.5 Å². The number of rotatable bonds is 6. The van der Waals surface area contributed by atoms with E-state index in [2.05, 4.69) is 10.2 Å². The van der Waals surface area contributed by atoms with Gasteiger partial charge in [0.25, 0.3) is 5.91 Å². The molecule has 0 radical (unpaired) electrons. The molecule has 3 aromatic rings. The number of nitrogens with zero attached hydrogens (tertiary/aromatic N) is 4. The van der Waals surface area contributed by atoms with Gasteiger partial charge in [0.05, 0.1) is 11.4 Å². The summed E-state index contributed by atoms with van der Waals surface area (Å²) in [6.07, 6.45) is 3.11.